The van der Waals surface area contributed by atoms with Crippen LogP contribution in [-0.4, -0.2) is 27.2 Å². The number of carbonyl (C=O) groups is 2. The second-order valence-corrected chi connectivity index (χ2v) is 3.73. The van der Waals surface area contributed by atoms with Gasteiger partial charge in [0.2, 0.25) is 0 Å². The number of pyridine rings is 1. The number of hydrogen-bond acceptors (Lipinski definition) is 6. The van der Waals surface area contributed by atoms with Gasteiger partial charge in [-0.2, -0.15) is 0 Å². The van der Waals surface area contributed by atoms with E-state index in [4.69, 9.17) is 4.74 Å². The van der Waals surface area contributed by atoms with Gasteiger partial charge in [0, 0.05) is 24.2 Å². The van der Waals surface area contributed by atoms with Gasteiger partial charge in [0.05, 0.1) is 5.39 Å². The van der Waals surface area contributed by atoms with Gasteiger partial charge in [-0.25, -0.2) is 9.78 Å². The van der Waals surface area contributed by atoms with Crippen molar-refractivity contribution in [3.8, 4) is 0 Å². The molecule has 2 heterocycles. The molecule has 2 aromatic heterocycles. The fraction of sp³-hybridized carbons (Fsp3) is 0.182. The first kappa shape index (κ1) is 12.7. The molecular formula is C11H9N3O5. The van der Waals surface area contributed by atoms with Crippen molar-refractivity contribution in [1.29, 1.82) is 0 Å². The normalized spacial score (nSPS) is 10.4. The number of esters is 1. The van der Waals surface area contributed by atoms with Crippen LogP contribution in [0.4, 0.5) is 0 Å². The number of rotatable bonds is 3. The summed E-state index contributed by atoms with van der Waals surface area (Å²) >= 11 is 0. The molecule has 0 saturated carbocycles. The van der Waals surface area contributed by atoms with Crippen LogP contribution in [0.15, 0.2) is 15.8 Å². The summed E-state index contributed by atoms with van der Waals surface area (Å²) in [5, 5.41) is -0.0424. The van der Waals surface area contributed by atoms with Crippen LogP contribution in [0.25, 0.3) is 11.0 Å². The molecule has 2 aromatic rings. The second kappa shape index (κ2) is 4.84. The molecule has 2 rings (SSSR count). The van der Waals surface area contributed by atoms with E-state index in [9.17, 15) is 19.2 Å². The van der Waals surface area contributed by atoms with E-state index in [-0.39, 0.29) is 28.8 Å². The minimum atomic E-state index is -0.724. The fourth-order valence-electron chi connectivity index (χ4n) is 1.62. The summed E-state index contributed by atoms with van der Waals surface area (Å²) in [6.07, 6.45) is 1.72. The Labute approximate surface area is 105 Å². The second-order valence-electron chi connectivity index (χ2n) is 3.73. The van der Waals surface area contributed by atoms with Gasteiger partial charge >= 0.3 is 11.7 Å². The summed E-state index contributed by atoms with van der Waals surface area (Å²) in [5.41, 5.74) is -1.12. The lowest BCUT2D eigenvalue weighted by Gasteiger charge is -2.06. The zero-order chi connectivity index (χ0) is 14.0. The van der Waals surface area contributed by atoms with Gasteiger partial charge in [0.25, 0.3) is 5.56 Å². The number of aromatic nitrogens is 3. The summed E-state index contributed by atoms with van der Waals surface area (Å²) < 4.78 is 4.76. The van der Waals surface area contributed by atoms with Gasteiger partial charge < -0.3 is 4.74 Å². The SMILES string of the molecule is CC(=O)OCc1cnc2[nH]c(=O)[nH]c(=O)c2c1C=O. The van der Waals surface area contributed by atoms with Crippen molar-refractivity contribution in [2.45, 2.75) is 13.5 Å². The molecule has 0 atom stereocenters. The summed E-state index contributed by atoms with van der Waals surface area (Å²) in [6.45, 7) is 1.05. The Hall–Kier alpha value is -2.77. The van der Waals surface area contributed by atoms with Crippen molar-refractivity contribution in [3.05, 3.63) is 38.2 Å². The first-order valence-electron chi connectivity index (χ1n) is 5.25. The lowest BCUT2D eigenvalue weighted by molar-refractivity contribution is -0.142. The van der Waals surface area contributed by atoms with Crippen molar-refractivity contribution in [3.63, 3.8) is 0 Å². The van der Waals surface area contributed by atoms with E-state index in [1.54, 1.807) is 0 Å². The molecule has 8 heteroatoms. The van der Waals surface area contributed by atoms with Gasteiger partial charge in [-0.3, -0.25) is 24.4 Å². The van der Waals surface area contributed by atoms with Crippen LogP contribution in [0, 0.1) is 0 Å². The van der Waals surface area contributed by atoms with Crippen LogP contribution < -0.4 is 11.2 Å². The van der Waals surface area contributed by atoms with Crippen molar-refractivity contribution < 1.29 is 14.3 Å². The first-order valence-corrected chi connectivity index (χ1v) is 5.25. The third-order valence-electron chi connectivity index (χ3n) is 2.44. The number of nitrogens with one attached hydrogen (secondary N) is 2. The maximum absolute atomic E-state index is 11.7. The molecule has 19 heavy (non-hydrogen) atoms. The monoisotopic (exact) mass is 263 g/mol. The Kier molecular flexibility index (Phi) is 3.23. The van der Waals surface area contributed by atoms with Crippen molar-refractivity contribution in [2.75, 3.05) is 0 Å². The predicted octanol–water partition coefficient (Wildman–Crippen LogP) is -0.513. The molecule has 0 aliphatic carbocycles. The number of nitrogens with zero attached hydrogens (tertiary/aromatic N) is 1. The third kappa shape index (κ3) is 2.41. The van der Waals surface area contributed by atoms with Crippen molar-refractivity contribution in [1.82, 2.24) is 15.0 Å². The zero-order valence-electron chi connectivity index (χ0n) is 9.85. The lowest BCUT2D eigenvalue weighted by atomic mass is 10.1. The van der Waals surface area contributed by atoms with Crippen LogP contribution in [-0.2, 0) is 16.1 Å². The summed E-state index contributed by atoms with van der Waals surface area (Å²) in [7, 11) is 0. The van der Waals surface area contributed by atoms with E-state index in [0.29, 0.717) is 6.29 Å². The van der Waals surface area contributed by atoms with E-state index in [1.807, 2.05) is 4.98 Å². The molecule has 0 spiro atoms. The Balaban J connectivity index is 2.69. The highest BCUT2D eigenvalue weighted by Gasteiger charge is 2.13. The summed E-state index contributed by atoms with van der Waals surface area (Å²) in [5.74, 6) is -0.521. The average Bonchev–Trinajstić information content (AvgIpc) is 2.35. The molecule has 0 fully saturated rings. The van der Waals surface area contributed by atoms with Crippen molar-refractivity contribution >= 4 is 23.3 Å². The Morgan fingerprint density at radius 1 is 1.42 bits per heavy atom. The minimum Gasteiger partial charge on any atom is -0.461 e. The molecule has 0 saturated heterocycles. The molecule has 0 radical (unpaired) electrons. The topological polar surface area (TPSA) is 122 Å². The summed E-state index contributed by atoms with van der Waals surface area (Å²) in [6, 6.07) is 0. The molecule has 0 aliphatic heterocycles. The minimum absolute atomic E-state index is 0.00225. The fourth-order valence-corrected chi connectivity index (χ4v) is 1.62. The number of H-pyrrole nitrogens is 2. The third-order valence-corrected chi connectivity index (χ3v) is 2.44. The van der Waals surface area contributed by atoms with Gasteiger partial charge in [0.1, 0.15) is 12.3 Å². The first-order chi connectivity index (χ1) is 9.02. The van der Waals surface area contributed by atoms with E-state index in [1.165, 1.54) is 13.1 Å². The number of hydrogen-bond donors (Lipinski definition) is 2. The van der Waals surface area contributed by atoms with Crippen LogP contribution in [0.3, 0.4) is 0 Å². The number of aromatic amines is 2. The molecule has 98 valence electrons. The van der Waals surface area contributed by atoms with E-state index in [0.717, 1.165) is 0 Å². The standard InChI is InChI=1S/C11H9N3O5/c1-5(16)19-4-6-2-12-9-8(7(6)3-15)10(17)14-11(18)13-9/h2-3H,4H2,1H3,(H2,12,13,14,17,18). The predicted molar refractivity (Wildman–Crippen MR) is 63.8 cm³/mol. The van der Waals surface area contributed by atoms with Gasteiger partial charge in [-0.05, 0) is 0 Å². The highest BCUT2D eigenvalue weighted by atomic mass is 16.5. The highest BCUT2D eigenvalue weighted by Crippen LogP contribution is 2.14. The number of ether oxygens (including phenoxy) is 1. The maximum Gasteiger partial charge on any atom is 0.327 e. The van der Waals surface area contributed by atoms with Gasteiger partial charge in [0.15, 0.2) is 6.29 Å². The Bertz CT molecular complexity index is 774. The number of aldehydes is 1. The maximum atomic E-state index is 11.7. The smallest absolute Gasteiger partial charge is 0.327 e. The van der Waals surface area contributed by atoms with Crippen LogP contribution >= 0.6 is 0 Å². The largest absolute Gasteiger partial charge is 0.461 e. The molecule has 0 unspecified atom stereocenters. The summed E-state index contributed by atoms with van der Waals surface area (Å²) in [4.78, 5) is 52.8. The average molecular weight is 263 g/mol. The van der Waals surface area contributed by atoms with Crippen LogP contribution in [0.2, 0.25) is 0 Å². The van der Waals surface area contributed by atoms with Gasteiger partial charge in [-0.15, -0.1) is 0 Å². The lowest BCUT2D eigenvalue weighted by Crippen LogP contribution is -2.24. The molecular weight excluding hydrogens is 254 g/mol. The molecule has 0 aromatic carbocycles. The quantitative estimate of drug-likeness (QED) is 0.568. The Morgan fingerprint density at radius 3 is 2.79 bits per heavy atom. The zero-order valence-corrected chi connectivity index (χ0v) is 9.85. The molecule has 2 N–H and O–H groups in total. The number of fused-ring (bicyclic) bond motifs is 1. The van der Waals surface area contributed by atoms with Gasteiger partial charge in [-0.1, -0.05) is 0 Å². The van der Waals surface area contributed by atoms with E-state index in [2.05, 4.69) is 9.97 Å². The van der Waals surface area contributed by atoms with E-state index >= 15 is 0 Å². The molecule has 0 aliphatic rings. The molecule has 0 bridgehead atoms. The Morgan fingerprint density at radius 2 is 2.16 bits per heavy atom. The molecule has 0 amide bonds. The number of carbonyl (C=O) groups excluding carboxylic acids is 2. The van der Waals surface area contributed by atoms with Crippen LogP contribution in [0.5, 0.6) is 0 Å². The van der Waals surface area contributed by atoms with Crippen molar-refractivity contribution in [2.24, 2.45) is 0 Å². The van der Waals surface area contributed by atoms with Crippen LogP contribution in [0.1, 0.15) is 22.8 Å². The van der Waals surface area contributed by atoms with E-state index < -0.39 is 17.2 Å². The highest BCUT2D eigenvalue weighted by molar-refractivity contribution is 5.95. The molecule has 8 nitrogen and oxygen atoms in total.